The van der Waals surface area contributed by atoms with E-state index < -0.39 is 0 Å². The molecule has 0 atom stereocenters. The van der Waals surface area contributed by atoms with Crippen molar-refractivity contribution >= 4 is 6.09 Å². The second-order valence-electron chi connectivity index (χ2n) is 4.75. The first-order valence-corrected chi connectivity index (χ1v) is 6.17. The Labute approximate surface area is 104 Å². The maximum absolute atomic E-state index is 11.3. The van der Waals surface area contributed by atoms with Crippen LogP contribution in [0, 0.1) is 11.8 Å². The highest BCUT2D eigenvalue weighted by Gasteiger charge is 2.26. The van der Waals surface area contributed by atoms with E-state index in [4.69, 9.17) is 9.47 Å². The van der Waals surface area contributed by atoms with Crippen LogP contribution in [0.5, 0.6) is 0 Å². The molecule has 0 aliphatic carbocycles. The molecular formula is C13H23NO3. The van der Waals surface area contributed by atoms with E-state index in [1.54, 1.807) is 12.0 Å². The Kier molecular flexibility index (Phi) is 5.32. The number of likely N-dealkylation sites (tertiary alicyclic amines) is 1. The lowest BCUT2D eigenvalue weighted by Gasteiger charge is -2.31. The monoisotopic (exact) mass is 241 g/mol. The van der Waals surface area contributed by atoms with Crippen molar-refractivity contribution in [1.29, 1.82) is 0 Å². The average molecular weight is 241 g/mol. The summed E-state index contributed by atoms with van der Waals surface area (Å²) in [6, 6.07) is 0. The maximum Gasteiger partial charge on any atom is 0.409 e. The van der Waals surface area contributed by atoms with Crippen molar-refractivity contribution in [1.82, 2.24) is 4.90 Å². The molecule has 0 aromatic carbocycles. The summed E-state index contributed by atoms with van der Waals surface area (Å²) in [5.41, 5.74) is 0. The molecule has 0 N–H and O–H groups in total. The molecule has 1 aliphatic rings. The number of hydrogen-bond donors (Lipinski definition) is 0. The fourth-order valence-corrected chi connectivity index (χ4v) is 2.18. The predicted molar refractivity (Wildman–Crippen MR) is 66.6 cm³/mol. The van der Waals surface area contributed by atoms with E-state index in [1.165, 1.54) is 7.11 Å². The highest BCUT2D eigenvalue weighted by atomic mass is 16.5. The fourth-order valence-electron chi connectivity index (χ4n) is 2.18. The van der Waals surface area contributed by atoms with Crippen LogP contribution in [-0.4, -0.2) is 38.3 Å². The Morgan fingerprint density at radius 1 is 1.24 bits per heavy atom. The molecule has 1 saturated heterocycles. The van der Waals surface area contributed by atoms with E-state index in [0.717, 1.165) is 31.7 Å². The van der Waals surface area contributed by atoms with E-state index in [1.807, 2.05) is 0 Å². The maximum atomic E-state index is 11.3. The molecule has 0 saturated carbocycles. The summed E-state index contributed by atoms with van der Waals surface area (Å²) in [4.78, 5) is 13.1. The Morgan fingerprint density at radius 3 is 2.24 bits per heavy atom. The van der Waals surface area contributed by atoms with Crippen LogP contribution in [0.3, 0.4) is 0 Å². The van der Waals surface area contributed by atoms with Gasteiger partial charge in [0.2, 0.25) is 0 Å². The Hall–Kier alpha value is -1.19. The van der Waals surface area contributed by atoms with Crippen LogP contribution in [0.25, 0.3) is 0 Å². The first-order valence-electron chi connectivity index (χ1n) is 6.17. The quantitative estimate of drug-likeness (QED) is 0.713. The standard InChI is InChI=1S/C13H23NO3/c1-10(2)9-12(16-3)11-5-7-14(8-6-11)13(15)17-4/h9-11H,5-8H2,1-4H3/b12-9-. The van der Waals surface area contributed by atoms with Crippen LogP contribution in [-0.2, 0) is 9.47 Å². The van der Waals surface area contributed by atoms with Crippen molar-refractivity contribution in [2.75, 3.05) is 27.3 Å². The Balaban J connectivity index is 2.53. The van der Waals surface area contributed by atoms with Gasteiger partial charge in [-0.15, -0.1) is 0 Å². The summed E-state index contributed by atoms with van der Waals surface area (Å²) >= 11 is 0. The van der Waals surface area contributed by atoms with E-state index in [9.17, 15) is 4.79 Å². The lowest BCUT2D eigenvalue weighted by molar-refractivity contribution is 0.101. The zero-order valence-corrected chi connectivity index (χ0v) is 11.2. The molecule has 4 heteroatoms. The molecule has 0 aromatic rings. The second kappa shape index (κ2) is 6.52. The third-order valence-corrected chi connectivity index (χ3v) is 3.06. The van der Waals surface area contributed by atoms with E-state index in [2.05, 4.69) is 19.9 Å². The molecule has 98 valence electrons. The summed E-state index contributed by atoms with van der Waals surface area (Å²) in [6.07, 6.45) is 3.83. The third kappa shape index (κ3) is 3.95. The molecule has 1 heterocycles. The highest BCUT2D eigenvalue weighted by Crippen LogP contribution is 2.26. The molecule has 1 fully saturated rings. The number of rotatable bonds is 3. The van der Waals surface area contributed by atoms with Gasteiger partial charge < -0.3 is 14.4 Å². The van der Waals surface area contributed by atoms with Crippen LogP contribution in [0.1, 0.15) is 26.7 Å². The van der Waals surface area contributed by atoms with Crippen molar-refractivity contribution in [3.8, 4) is 0 Å². The number of ether oxygens (including phenoxy) is 2. The number of amides is 1. The van der Waals surface area contributed by atoms with Gasteiger partial charge in [-0.2, -0.15) is 0 Å². The smallest absolute Gasteiger partial charge is 0.409 e. The summed E-state index contributed by atoms with van der Waals surface area (Å²) < 4.78 is 10.2. The van der Waals surface area contributed by atoms with Crippen molar-refractivity contribution in [3.05, 3.63) is 11.8 Å². The van der Waals surface area contributed by atoms with Crippen LogP contribution in [0.4, 0.5) is 4.79 Å². The number of hydrogen-bond acceptors (Lipinski definition) is 3. The lowest BCUT2D eigenvalue weighted by Crippen LogP contribution is -2.38. The van der Waals surface area contributed by atoms with Gasteiger partial charge in [-0.05, 0) is 24.8 Å². The Bertz CT molecular complexity index is 278. The molecule has 0 aromatic heterocycles. The first kappa shape index (κ1) is 13.9. The van der Waals surface area contributed by atoms with Gasteiger partial charge in [0.15, 0.2) is 0 Å². The SMILES string of the molecule is COC(=O)N1CCC(/C(=C/C(C)C)OC)CC1. The Morgan fingerprint density at radius 2 is 1.82 bits per heavy atom. The highest BCUT2D eigenvalue weighted by molar-refractivity contribution is 5.67. The molecule has 0 radical (unpaired) electrons. The molecular weight excluding hydrogens is 218 g/mol. The average Bonchev–Trinajstić information content (AvgIpc) is 2.35. The van der Waals surface area contributed by atoms with Crippen molar-refractivity contribution in [2.24, 2.45) is 11.8 Å². The van der Waals surface area contributed by atoms with Gasteiger partial charge in [-0.1, -0.05) is 13.8 Å². The normalized spacial score (nSPS) is 18.4. The molecule has 1 rings (SSSR count). The largest absolute Gasteiger partial charge is 0.501 e. The van der Waals surface area contributed by atoms with Crippen LogP contribution in [0.15, 0.2) is 11.8 Å². The number of piperidine rings is 1. The molecule has 0 bridgehead atoms. The van der Waals surface area contributed by atoms with E-state index in [-0.39, 0.29) is 6.09 Å². The van der Waals surface area contributed by atoms with Crippen LogP contribution >= 0.6 is 0 Å². The summed E-state index contributed by atoms with van der Waals surface area (Å²) in [7, 11) is 3.15. The van der Waals surface area contributed by atoms with Crippen molar-refractivity contribution in [2.45, 2.75) is 26.7 Å². The third-order valence-electron chi connectivity index (χ3n) is 3.06. The number of allylic oxidation sites excluding steroid dienone is 2. The van der Waals surface area contributed by atoms with Gasteiger partial charge in [0, 0.05) is 19.0 Å². The van der Waals surface area contributed by atoms with Crippen molar-refractivity contribution < 1.29 is 14.3 Å². The molecule has 1 amide bonds. The second-order valence-corrected chi connectivity index (χ2v) is 4.75. The minimum Gasteiger partial charge on any atom is -0.501 e. The fraction of sp³-hybridized carbons (Fsp3) is 0.769. The van der Waals surface area contributed by atoms with Gasteiger partial charge in [-0.25, -0.2) is 4.79 Å². The minimum atomic E-state index is -0.227. The van der Waals surface area contributed by atoms with Gasteiger partial charge in [-0.3, -0.25) is 0 Å². The molecule has 0 unspecified atom stereocenters. The van der Waals surface area contributed by atoms with Gasteiger partial charge in [0.05, 0.1) is 20.0 Å². The summed E-state index contributed by atoms with van der Waals surface area (Å²) in [6.45, 7) is 5.78. The first-order chi connectivity index (χ1) is 8.08. The summed E-state index contributed by atoms with van der Waals surface area (Å²) in [5.74, 6) is 1.98. The zero-order valence-electron chi connectivity index (χ0n) is 11.2. The number of nitrogens with zero attached hydrogens (tertiary/aromatic N) is 1. The predicted octanol–water partition coefficient (Wildman–Crippen LogP) is 2.65. The minimum absolute atomic E-state index is 0.227. The molecule has 4 nitrogen and oxygen atoms in total. The molecule has 0 spiro atoms. The van der Waals surface area contributed by atoms with Gasteiger partial charge >= 0.3 is 6.09 Å². The number of methoxy groups -OCH3 is 2. The van der Waals surface area contributed by atoms with Crippen LogP contribution < -0.4 is 0 Å². The molecule has 17 heavy (non-hydrogen) atoms. The van der Waals surface area contributed by atoms with E-state index in [0.29, 0.717) is 11.8 Å². The van der Waals surface area contributed by atoms with Gasteiger partial charge in [0.1, 0.15) is 0 Å². The number of carbonyl (C=O) groups is 1. The topological polar surface area (TPSA) is 38.8 Å². The lowest BCUT2D eigenvalue weighted by atomic mass is 9.93. The van der Waals surface area contributed by atoms with E-state index >= 15 is 0 Å². The molecule has 1 aliphatic heterocycles. The van der Waals surface area contributed by atoms with Crippen LogP contribution in [0.2, 0.25) is 0 Å². The van der Waals surface area contributed by atoms with Crippen molar-refractivity contribution in [3.63, 3.8) is 0 Å². The summed E-state index contributed by atoms with van der Waals surface area (Å²) in [5, 5.41) is 0. The number of carbonyl (C=O) groups excluding carboxylic acids is 1. The van der Waals surface area contributed by atoms with Gasteiger partial charge in [0.25, 0.3) is 0 Å². The zero-order chi connectivity index (χ0) is 12.8.